The van der Waals surface area contributed by atoms with Crippen LogP contribution in [0, 0.1) is 0 Å². The Balaban J connectivity index is 2.60. The smallest absolute Gasteiger partial charge is 0.140 e. The van der Waals surface area contributed by atoms with Gasteiger partial charge in [-0.15, -0.1) is 0 Å². The fourth-order valence-electron chi connectivity index (χ4n) is 1.24. The average Bonchev–Trinajstić information content (AvgIpc) is 2.24. The predicted octanol–water partition coefficient (Wildman–Crippen LogP) is 1.80. The Morgan fingerprint density at radius 1 is 1.50 bits per heavy atom. The van der Waals surface area contributed by atoms with E-state index in [2.05, 4.69) is 11.9 Å². The highest BCUT2D eigenvalue weighted by atomic mass is 16.5. The molecule has 0 radical (unpaired) electrons. The van der Waals surface area contributed by atoms with Crippen molar-refractivity contribution in [2.75, 3.05) is 13.2 Å². The largest absolute Gasteiger partial charge is 0.489 e. The van der Waals surface area contributed by atoms with E-state index in [1.807, 2.05) is 12.1 Å². The minimum atomic E-state index is 0.0438. The van der Waals surface area contributed by atoms with Crippen LogP contribution in [0.15, 0.2) is 18.3 Å². The van der Waals surface area contributed by atoms with Crippen LogP contribution < -0.4 is 4.74 Å². The highest BCUT2D eigenvalue weighted by molar-refractivity contribution is 5.26. The summed E-state index contributed by atoms with van der Waals surface area (Å²) in [5.41, 5.74) is 0.989. The number of pyridine rings is 1. The quantitative estimate of drug-likeness (QED) is 0.752. The van der Waals surface area contributed by atoms with Gasteiger partial charge in [-0.25, -0.2) is 0 Å². The molecule has 1 heterocycles. The molecule has 0 aliphatic rings. The first kappa shape index (κ1) is 11.0. The van der Waals surface area contributed by atoms with Crippen LogP contribution in [0.25, 0.3) is 0 Å². The zero-order chi connectivity index (χ0) is 10.2. The van der Waals surface area contributed by atoms with E-state index in [1.54, 1.807) is 6.20 Å². The van der Waals surface area contributed by atoms with E-state index in [4.69, 9.17) is 9.84 Å². The Bertz CT molecular complexity index is 236. The molecule has 0 aromatic carbocycles. The molecule has 0 bridgehead atoms. The number of aliphatic hydroxyl groups excluding tert-OH is 1. The molecule has 0 aliphatic carbocycles. The van der Waals surface area contributed by atoms with Gasteiger partial charge in [0.05, 0.1) is 12.3 Å². The molecule has 1 aromatic rings. The first-order valence-electron chi connectivity index (χ1n) is 5.06. The maximum atomic E-state index is 8.65. The molecule has 0 unspecified atom stereocenters. The van der Waals surface area contributed by atoms with Crippen LogP contribution in [0.3, 0.4) is 0 Å². The van der Waals surface area contributed by atoms with Gasteiger partial charge >= 0.3 is 0 Å². The molecule has 0 spiro atoms. The van der Waals surface area contributed by atoms with E-state index in [0.717, 1.165) is 30.7 Å². The number of hydrogen-bond acceptors (Lipinski definition) is 3. The molecule has 0 saturated heterocycles. The summed E-state index contributed by atoms with van der Waals surface area (Å²) < 4.78 is 5.37. The minimum Gasteiger partial charge on any atom is -0.489 e. The maximum Gasteiger partial charge on any atom is 0.140 e. The second-order valence-corrected chi connectivity index (χ2v) is 3.12. The summed E-state index contributed by atoms with van der Waals surface area (Å²) in [5.74, 6) is 0.801. The zero-order valence-electron chi connectivity index (χ0n) is 8.57. The van der Waals surface area contributed by atoms with Crippen LogP contribution in [-0.2, 0) is 6.42 Å². The lowest BCUT2D eigenvalue weighted by atomic mass is 10.2. The van der Waals surface area contributed by atoms with E-state index < -0.39 is 0 Å². The number of rotatable bonds is 6. The molecule has 3 nitrogen and oxygen atoms in total. The maximum absolute atomic E-state index is 8.65. The SMILES string of the molecule is CCCCc1ncccc1OCCO. The molecule has 3 heteroatoms. The molecule has 78 valence electrons. The molecule has 0 atom stereocenters. The first-order chi connectivity index (χ1) is 6.88. The Kier molecular flexibility index (Phi) is 5.00. The van der Waals surface area contributed by atoms with Gasteiger partial charge in [0, 0.05) is 6.20 Å². The van der Waals surface area contributed by atoms with Crippen molar-refractivity contribution in [1.29, 1.82) is 0 Å². The normalized spacial score (nSPS) is 10.1. The average molecular weight is 195 g/mol. The number of nitrogens with zero attached hydrogens (tertiary/aromatic N) is 1. The Morgan fingerprint density at radius 3 is 3.07 bits per heavy atom. The van der Waals surface area contributed by atoms with Crippen molar-refractivity contribution in [3.63, 3.8) is 0 Å². The molecule has 1 N–H and O–H groups in total. The zero-order valence-corrected chi connectivity index (χ0v) is 8.57. The fraction of sp³-hybridized carbons (Fsp3) is 0.545. The monoisotopic (exact) mass is 195 g/mol. The van der Waals surface area contributed by atoms with Crippen molar-refractivity contribution < 1.29 is 9.84 Å². The van der Waals surface area contributed by atoms with Gasteiger partial charge in [0.1, 0.15) is 12.4 Å². The van der Waals surface area contributed by atoms with Crippen LogP contribution in [-0.4, -0.2) is 23.3 Å². The lowest BCUT2D eigenvalue weighted by Gasteiger charge is -2.08. The van der Waals surface area contributed by atoms with Gasteiger partial charge in [-0.1, -0.05) is 13.3 Å². The summed E-state index contributed by atoms with van der Waals surface area (Å²) >= 11 is 0. The molecule has 0 fully saturated rings. The molecular formula is C11H17NO2. The predicted molar refractivity (Wildman–Crippen MR) is 55.4 cm³/mol. The third-order valence-electron chi connectivity index (χ3n) is 1.96. The van der Waals surface area contributed by atoms with Gasteiger partial charge < -0.3 is 9.84 Å². The summed E-state index contributed by atoms with van der Waals surface area (Å²) in [5, 5.41) is 8.65. The lowest BCUT2D eigenvalue weighted by Crippen LogP contribution is -2.04. The van der Waals surface area contributed by atoms with Crippen molar-refractivity contribution in [3.8, 4) is 5.75 Å². The lowest BCUT2D eigenvalue weighted by molar-refractivity contribution is 0.199. The van der Waals surface area contributed by atoms with Crippen molar-refractivity contribution in [2.24, 2.45) is 0 Å². The van der Waals surface area contributed by atoms with E-state index in [1.165, 1.54) is 0 Å². The van der Waals surface area contributed by atoms with Gasteiger partial charge in [0.25, 0.3) is 0 Å². The highest BCUT2D eigenvalue weighted by Gasteiger charge is 2.02. The molecule has 14 heavy (non-hydrogen) atoms. The van der Waals surface area contributed by atoms with E-state index in [-0.39, 0.29) is 6.61 Å². The van der Waals surface area contributed by atoms with Crippen molar-refractivity contribution in [1.82, 2.24) is 4.98 Å². The third-order valence-corrected chi connectivity index (χ3v) is 1.96. The fourth-order valence-corrected chi connectivity index (χ4v) is 1.24. The first-order valence-corrected chi connectivity index (χ1v) is 5.06. The number of unbranched alkanes of at least 4 members (excludes halogenated alkanes) is 1. The highest BCUT2D eigenvalue weighted by Crippen LogP contribution is 2.17. The molecule has 1 rings (SSSR count). The van der Waals surface area contributed by atoms with Crippen LogP contribution >= 0.6 is 0 Å². The van der Waals surface area contributed by atoms with Crippen LogP contribution in [0.1, 0.15) is 25.5 Å². The number of aliphatic hydroxyl groups is 1. The van der Waals surface area contributed by atoms with Crippen molar-refractivity contribution in [2.45, 2.75) is 26.2 Å². The Labute approximate surface area is 84.7 Å². The van der Waals surface area contributed by atoms with Crippen LogP contribution in [0.2, 0.25) is 0 Å². The van der Waals surface area contributed by atoms with E-state index in [0.29, 0.717) is 6.61 Å². The Morgan fingerprint density at radius 2 is 2.36 bits per heavy atom. The molecular weight excluding hydrogens is 178 g/mol. The van der Waals surface area contributed by atoms with Crippen molar-refractivity contribution in [3.05, 3.63) is 24.0 Å². The molecule has 0 aliphatic heterocycles. The van der Waals surface area contributed by atoms with E-state index in [9.17, 15) is 0 Å². The summed E-state index contributed by atoms with van der Waals surface area (Å²) in [6.45, 7) is 2.53. The number of ether oxygens (including phenoxy) is 1. The van der Waals surface area contributed by atoms with E-state index >= 15 is 0 Å². The van der Waals surface area contributed by atoms with Gasteiger partial charge in [0.15, 0.2) is 0 Å². The summed E-state index contributed by atoms with van der Waals surface area (Å²) in [4.78, 5) is 4.26. The molecule has 0 amide bonds. The number of aryl methyl sites for hydroxylation is 1. The summed E-state index contributed by atoms with van der Waals surface area (Å²) in [7, 11) is 0. The minimum absolute atomic E-state index is 0.0438. The second-order valence-electron chi connectivity index (χ2n) is 3.12. The summed E-state index contributed by atoms with van der Waals surface area (Å²) in [6, 6.07) is 3.75. The van der Waals surface area contributed by atoms with Crippen molar-refractivity contribution >= 4 is 0 Å². The Hall–Kier alpha value is -1.09. The van der Waals surface area contributed by atoms with Gasteiger partial charge in [-0.2, -0.15) is 0 Å². The molecule has 0 saturated carbocycles. The van der Waals surface area contributed by atoms with Gasteiger partial charge in [-0.05, 0) is 25.0 Å². The second kappa shape index (κ2) is 6.38. The standard InChI is InChI=1S/C11H17NO2/c1-2-3-5-10-11(14-9-8-13)6-4-7-12-10/h4,6-7,13H,2-3,5,8-9H2,1H3. The third kappa shape index (κ3) is 3.34. The molecule has 1 aromatic heterocycles. The van der Waals surface area contributed by atoms with Crippen LogP contribution in [0.4, 0.5) is 0 Å². The van der Waals surface area contributed by atoms with Gasteiger partial charge in [-0.3, -0.25) is 4.98 Å². The number of hydrogen-bond donors (Lipinski definition) is 1. The van der Waals surface area contributed by atoms with Crippen LogP contribution in [0.5, 0.6) is 5.75 Å². The topological polar surface area (TPSA) is 42.4 Å². The summed E-state index contributed by atoms with van der Waals surface area (Å²) in [6.07, 6.45) is 4.98. The number of aromatic nitrogens is 1. The van der Waals surface area contributed by atoms with Gasteiger partial charge in [0.2, 0.25) is 0 Å².